The average Bonchev–Trinajstić information content (AvgIpc) is 3.29. The van der Waals surface area contributed by atoms with Crippen molar-refractivity contribution >= 4 is 17.0 Å². The van der Waals surface area contributed by atoms with Crippen LogP contribution in [0.15, 0.2) is 60.8 Å². The molecule has 0 bridgehead atoms. The normalized spacial score (nSPS) is 11.2. The minimum absolute atomic E-state index is 0.0515. The number of rotatable bonds is 10. The lowest BCUT2D eigenvalue weighted by atomic mass is 10.0. The van der Waals surface area contributed by atoms with Gasteiger partial charge in [-0.15, -0.1) is 0 Å². The highest BCUT2D eigenvalue weighted by Crippen LogP contribution is 2.28. The van der Waals surface area contributed by atoms with Gasteiger partial charge in [0.2, 0.25) is 0 Å². The topological polar surface area (TPSA) is 99.4 Å². The lowest BCUT2D eigenvalue weighted by molar-refractivity contribution is 0.0697. The van der Waals surface area contributed by atoms with Gasteiger partial charge >= 0.3 is 12.0 Å². The monoisotopic (exact) mass is 562 g/mol. The lowest BCUT2D eigenvalue weighted by Gasteiger charge is -2.11. The van der Waals surface area contributed by atoms with Gasteiger partial charge in [-0.1, -0.05) is 12.1 Å². The Morgan fingerprint density at radius 2 is 1.76 bits per heavy atom. The molecule has 5 aromatic rings. The van der Waals surface area contributed by atoms with Gasteiger partial charge in [-0.05, 0) is 60.5 Å². The number of fused-ring (bicyclic) bond motifs is 1. The van der Waals surface area contributed by atoms with Crippen molar-refractivity contribution in [2.45, 2.75) is 26.5 Å². The van der Waals surface area contributed by atoms with E-state index >= 15 is 8.78 Å². The molecule has 210 valence electrons. The van der Waals surface area contributed by atoms with E-state index in [-0.39, 0.29) is 41.4 Å². The number of carboxylic acids is 1. The van der Waals surface area contributed by atoms with Crippen LogP contribution in [0.25, 0.3) is 22.3 Å². The predicted octanol–water partition coefficient (Wildman–Crippen LogP) is 5.73. The van der Waals surface area contributed by atoms with Crippen LogP contribution in [0.3, 0.4) is 0 Å². The molecule has 0 aliphatic carbocycles. The maximum atomic E-state index is 15.3. The first kappa shape index (κ1) is 27.8. The van der Waals surface area contributed by atoms with Gasteiger partial charge in [0, 0.05) is 37.4 Å². The van der Waals surface area contributed by atoms with Crippen LogP contribution in [0.1, 0.15) is 32.9 Å². The van der Waals surface area contributed by atoms with Crippen molar-refractivity contribution in [3.63, 3.8) is 0 Å². The number of imidazole rings is 1. The number of methoxy groups -OCH3 is 1. The molecule has 0 unspecified atom stereocenters. The minimum atomic E-state index is -1.09. The van der Waals surface area contributed by atoms with Crippen molar-refractivity contribution in [1.29, 1.82) is 0 Å². The van der Waals surface area contributed by atoms with E-state index < -0.39 is 23.4 Å². The zero-order chi connectivity index (χ0) is 29.1. The van der Waals surface area contributed by atoms with Gasteiger partial charge in [-0.25, -0.2) is 27.9 Å². The summed E-state index contributed by atoms with van der Waals surface area (Å²) in [7, 11) is 1.53. The fourth-order valence-electron chi connectivity index (χ4n) is 4.43. The van der Waals surface area contributed by atoms with Gasteiger partial charge in [0.25, 0.3) is 0 Å². The third-order valence-electron chi connectivity index (χ3n) is 6.55. The van der Waals surface area contributed by atoms with E-state index in [9.17, 15) is 14.3 Å². The SMILES string of the molecule is COCCn1c(Cc2cc(F)c(-c3ccnc(OCc4ccc(C)cc4F)n3)cc2F)nc2ccc(C(=O)O)cc21. The number of carbonyl (C=O) groups is 1. The first-order chi connectivity index (χ1) is 19.7. The van der Waals surface area contributed by atoms with E-state index in [0.717, 1.165) is 17.7 Å². The molecule has 0 saturated carbocycles. The summed E-state index contributed by atoms with van der Waals surface area (Å²) < 4.78 is 57.2. The van der Waals surface area contributed by atoms with Gasteiger partial charge in [0.15, 0.2) is 0 Å². The molecule has 0 radical (unpaired) electrons. The number of ether oxygens (including phenoxy) is 2. The molecule has 11 heteroatoms. The van der Waals surface area contributed by atoms with Crippen LogP contribution < -0.4 is 4.74 Å². The number of hydrogen-bond donors (Lipinski definition) is 1. The van der Waals surface area contributed by atoms with Crippen molar-refractivity contribution < 1.29 is 32.5 Å². The molecule has 0 aliphatic heterocycles. The van der Waals surface area contributed by atoms with Gasteiger partial charge in [-0.2, -0.15) is 4.98 Å². The minimum Gasteiger partial charge on any atom is -0.478 e. The summed E-state index contributed by atoms with van der Waals surface area (Å²) in [5, 5.41) is 9.38. The third kappa shape index (κ3) is 6.04. The van der Waals surface area contributed by atoms with Crippen molar-refractivity contribution in [2.24, 2.45) is 0 Å². The van der Waals surface area contributed by atoms with Gasteiger partial charge in [-0.3, -0.25) is 0 Å². The summed E-state index contributed by atoms with van der Waals surface area (Å²) in [4.78, 5) is 24.2. The Bertz CT molecular complexity index is 1760. The summed E-state index contributed by atoms with van der Waals surface area (Å²) in [6.07, 6.45) is 1.29. The summed E-state index contributed by atoms with van der Waals surface area (Å²) >= 11 is 0. The smallest absolute Gasteiger partial charge is 0.335 e. The number of hydrogen-bond acceptors (Lipinski definition) is 6. The molecule has 0 atom stereocenters. The second-order valence-corrected chi connectivity index (χ2v) is 9.39. The first-order valence-corrected chi connectivity index (χ1v) is 12.6. The molecule has 0 spiro atoms. The summed E-state index contributed by atoms with van der Waals surface area (Å²) in [6, 6.07) is 12.7. The van der Waals surface area contributed by atoms with Crippen molar-refractivity contribution in [3.05, 3.63) is 106 Å². The second kappa shape index (κ2) is 11.8. The molecule has 0 fully saturated rings. The fourth-order valence-corrected chi connectivity index (χ4v) is 4.43. The Morgan fingerprint density at radius 3 is 2.51 bits per heavy atom. The Kier molecular flexibility index (Phi) is 7.97. The highest BCUT2D eigenvalue weighted by molar-refractivity contribution is 5.92. The maximum absolute atomic E-state index is 15.3. The van der Waals surface area contributed by atoms with E-state index in [2.05, 4.69) is 15.0 Å². The number of benzene rings is 3. The molecule has 5 rings (SSSR count). The predicted molar refractivity (Wildman–Crippen MR) is 144 cm³/mol. The molecule has 0 amide bonds. The Balaban J connectivity index is 1.41. The number of halogens is 3. The van der Waals surface area contributed by atoms with Crippen molar-refractivity contribution in [3.8, 4) is 17.3 Å². The molecule has 2 heterocycles. The Labute approximate surface area is 233 Å². The van der Waals surface area contributed by atoms with Crippen LogP contribution in [0.2, 0.25) is 0 Å². The van der Waals surface area contributed by atoms with Crippen molar-refractivity contribution in [2.75, 3.05) is 13.7 Å². The quantitative estimate of drug-likeness (QED) is 0.232. The van der Waals surface area contributed by atoms with Crippen LogP contribution in [-0.4, -0.2) is 44.3 Å². The molecule has 0 aliphatic rings. The van der Waals surface area contributed by atoms with E-state index in [1.807, 2.05) is 0 Å². The van der Waals surface area contributed by atoms with Gasteiger partial charge < -0.3 is 19.1 Å². The van der Waals surface area contributed by atoms with E-state index in [4.69, 9.17) is 9.47 Å². The first-order valence-electron chi connectivity index (χ1n) is 12.6. The molecular weight excluding hydrogens is 537 g/mol. The molecule has 41 heavy (non-hydrogen) atoms. The second-order valence-electron chi connectivity index (χ2n) is 9.39. The average molecular weight is 563 g/mol. The van der Waals surface area contributed by atoms with Crippen LogP contribution in [0, 0.1) is 24.4 Å². The Morgan fingerprint density at radius 1 is 0.951 bits per heavy atom. The van der Waals surface area contributed by atoms with Crippen LogP contribution in [-0.2, 0) is 24.3 Å². The van der Waals surface area contributed by atoms with E-state index in [1.165, 1.54) is 37.6 Å². The highest BCUT2D eigenvalue weighted by atomic mass is 19.1. The number of aromatic carboxylic acids is 1. The maximum Gasteiger partial charge on any atom is 0.335 e. The molecule has 3 aromatic carbocycles. The zero-order valence-electron chi connectivity index (χ0n) is 22.2. The number of nitrogens with zero attached hydrogens (tertiary/aromatic N) is 4. The van der Waals surface area contributed by atoms with E-state index in [0.29, 0.717) is 35.6 Å². The summed E-state index contributed by atoms with van der Waals surface area (Å²) in [5.74, 6) is -2.49. The molecule has 2 aromatic heterocycles. The lowest BCUT2D eigenvalue weighted by Crippen LogP contribution is -2.10. The molecular formula is C30H25F3N4O4. The number of aromatic nitrogens is 4. The highest BCUT2D eigenvalue weighted by Gasteiger charge is 2.19. The third-order valence-corrected chi connectivity index (χ3v) is 6.55. The van der Waals surface area contributed by atoms with Crippen molar-refractivity contribution in [1.82, 2.24) is 19.5 Å². The molecule has 8 nitrogen and oxygen atoms in total. The van der Waals surface area contributed by atoms with Crippen LogP contribution in [0.5, 0.6) is 6.01 Å². The molecule has 1 N–H and O–H groups in total. The number of carboxylic acid groups (broad SMARTS) is 1. The number of aryl methyl sites for hydroxylation is 1. The zero-order valence-corrected chi connectivity index (χ0v) is 22.2. The standard InChI is InChI=1S/C30H25F3N4O4/c1-17-3-4-19(22(31)11-17)16-41-30-34-8-7-25(36-30)21-15-23(32)20(12-24(21)33)14-28-35-26-6-5-18(29(38)39)13-27(26)37(28)9-10-40-2/h3-8,11-13,15H,9-10,14,16H2,1-2H3,(H,38,39). The largest absolute Gasteiger partial charge is 0.478 e. The van der Waals surface area contributed by atoms with Gasteiger partial charge in [0.1, 0.15) is 29.9 Å². The van der Waals surface area contributed by atoms with Gasteiger partial charge in [0.05, 0.1) is 28.9 Å². The summed E-state index contributed by atoms with van der Waals surface area (Å²) in [5.41, 5.74) is 2.29. The van der Waals surface area contributed by atoms with E-state index in [1.54, 1.807) is 29.7 Å². The van der Waals surface area contributed by atoms with Crippen LogP contribution >= 0.6 is 0 Å². The fraction of sp³-hybridized carbons (Fsp3) is 0.200. The van der Waals surface area contributed by atoms with Crippen LogP contribution in [0.4, 0.5) is 13.2 Å². The molecule has 0 saturated heterocycles. The summed E-state index contributed by atoms with van der Waals surface area (Å²) in [6.45, 7) is 2.28. The Hall–Kier alpha value is -4.77.